The van der Waals surface area contributed by atoms with Gasteiger partial charge in [0.15, 0.2) is 11.0 Å². The molecule has 0 spiro atoms. The quantitative estimate of drug-likeness (QED) is 0.651. The summed E-state index contributed by atoms with van der Waals surface area (Å²) in [6.45, 7) is 4.53. The van der Waals surface area contributed by atoms with Crippen LogP contribution in [0.3, 0.4) is 0 Å². The number of ether oxygens (including phenoxy) is 1. The maximum atomic E-state index is 11.0. The van der Waals surface area contributed by atoms with Crippen LogP contribution < -0.4 is 4.74 Å². The highest BCUT2D eigenvalue weighted by atomic mass is 32.2. The molecule has 2 aromatic carbocycles. The third-order valence-electron chi connectivity index (χ3n) is 3.85. The number of benzene rings is 2. The minimum Gasteiger partial charge on any atom is -0.485 e. The molecular formula is C18H19N3O3S. The number of aliphatic carboxylic acids is 1. The van der Waals surface area contributed by atoms with E-state index >= 15 is 0 Å². The maximum absolute atomic E-state index is 11.0. The number of rotatable bonds is 7. The lowest BCUT2D eigenvalue weighted by molar-refractivity contribution is -0.136. The van der Waals surface area contributed by atoms with Gasteiger partial charge >= 0.3 is 5.97 Å². The van der Waals surface area contributed by atoms with Crippen LogP contribution >= 0.6 is 11.8 Å². The monoisotopic (exact) mass is 357 g/mol. The molecule has 0 aliphatic rings. The summed E-state index contributed by atoms with van der Waals surface area (Å²) in [6, 6.07) is 14.0. The Morgan fingerprint density at radius 2 is 2.00 bits per heavy atom. The maximum Gasteiger partial charge on any atom is 0.316 e. The lowest BCUT2D eigenvalue weighted by Crippen LogP contribution is -2.13. The Morgan fingerprint density at radius 3 is 2.76 bits per heavy atom. The van der Waals surface area contributed by atoms with Gasteiger partial charge in [0.2, 0.25) is 0 Å². The minimum absolute atomic E-state index is 0.275. The third-order valence-corrected chi connectivity index (χ3v) is 4.91. The summed E-state index contributed by atoms with van der Waals surface area (Å²) in [5.41, 5.74) is 0. The van der Waals surface area contributed by atoms with Crippen LogP contribution in [-0.2, 0) is 17.9 Å². The van der Waals surface area contributed by atoms with Crippen LogP contribution in [0.1, 0.15) is 19.7 Å². The molecular weight excluding hydrogens is 338 g/mol. The van der Waals surface area contributed by atoms with Crippen molar-refractivity contribution in [3.05, 3.63) is 48.3 Å². The van der Waals surface area contributed by atoms with Crippen molar-refractivity contribution in [2.45, 2.75) is 37.4 Å². The normalized spacial score (nSPS) is 12.2. The van der Waals surface area contributed by atoms with E-state index in [0.717, 1.165) is 16.5 Å². The van der Waals surface area contributed by atoms with E-state index in [1.54, 1.807) is 6.92 Å². The van der Waals surface area contributed by atoms with Crippen LogP contribution in [0.15, 0.2) is 47.6 Å². The van der Waals surface area contributed by atoms with Crippen molar-refractivity contribution in [1.82, 2.24) is 14.8 Å². The van der Waals surface area contributed by atoms with Crippen molar-refractivity contribution in [2.24, 2.45) is 0 Å². The van der Waals surface area contributed by atoms with E-state index in [9.17, 15) is 4.79 Å². The topological polar surface area (TPSA) is 77.2 Å². The molecule has 0 aliphatic carbocycles. The number of nitrogens with zero attached hydrogens (tertiary/aromatic N) is 3. The zero-order valence-electron chi connectivity index (χ0n) is 14.0. The lowest BCUT2D eigenvalue weighted by Gasteiger charge is -2.11. The van der Waals surface area contributed by atoms with Gasteiger partial charge in [-0.3, -0.25) is 4.79 Å². The largest absolute Gasteiger partial charge is 0.485 e. The predicted octanol–water partition coefficient (Wildman–Crippen LogP) is 3.60. The summed E-state index contributed by atoms with van der Waals surface area (Å²) in [7, 11) is 0. The van der Waals surface area contributed by atoms with E-state index in [2.05, 4.69) is 10.2 Å². The van der Waals surface area contributed by atoms with E-state index < -0.39 is 11.2 Å². The van der Waals surface area contributed by atoms with Crippen LogP contribution in [0, 0.1) is 0 Å². The standard InChI is InChI=1S/C18H19N3O3S/c1-3-21-16(19-20-18(21)25-12(2)17(22)23)11-24-15-10-6-8-13-7-4-5-9-14(13)15/h4-10,12H,3,11H2,1-2H3,(H,22,23)/t12-/m1/s1. The van der Waals surface area contributed by atoms with Gasteiger partial charge in [0.1, 0.15) is 17.6 Å². The summed E-state index contributed by atoms with van der Waals surface area (Å²) >= 11 is 1.18. The first-order valence-electron chi connectivity index (χ1n) is 8.02. The molecule has 25 heavy (non-hydrogen) atoms. The smallest absolute Gasteiger partial charge is 0.316 e. The highest BCUT2D eigenvalue weighted by Gasteiger charge is 2.19. The van der Waals surface area contributed by atoms with Crippen molar-refractivity contribution in [2.75, 3.05) is 0 Å². The van der Waals surface area contributed by atoms with E-state index in [0.29, 0.717) is 17.5 Å². The fraction of sp³-hybridized carbons (Fsp3) is 0.278. The van der Waals surface area contributed by atoms with Gasteiger partial charge in [0, 0.05) is 11.9 Å². The molecule has 0 radical (unpaired) electrons. The Hall–Kier alpha value is -2.54. The summed E-state index contributed by atoms with van der Waals surface area (Å²) in [6.07, 6.45) is 0. The fourth-order valence-corrected chi connectivity index (χ4v) is 3.37. The highest BCUT2D eigenvalue weighted by Crippen LogP contribution is 2.27. The fourth-order valence-electron chi connectivity index (χ4n) is 2.50. The first kappa shape index (κ1) is 17.3. The molecule has 130 valence electrons. The van der Waals surface area contributed by atoms with E-state index in [1.807, 2.05) is 54.0 Å². The predicted molar refractivity (Wildman–Crippen MR) is 96.9 cm³/mol. The molecule has 0 fully saturated rings. The summed E-state index contributed by atoms with van der Waals surface area (Å²) in [5, 5.41) is 19.5. The van der Waals surface area contributed by atoms with Crippen molar-refractivity contribution >= 4 is 28.5 Å². The zero-order chi connectivity index (χ0) is 17.8. The molecule has 0 unspecified atom stereocenters. The Labute approximate surface area is 149 Å². The van der Waals surface area contributed by atoms with Gasteiger partial charge in [-0.2, -0.15) is 0 Å². The van der Waals surface area contributed by atoms with Crippen molar-refractivity contribution in [3.63, 3.8) is 0 Å². The molecule has 0 saturated heterocycles. The Balaban J connectivity index is 1.79. The Bertz CT molecular complexity index is 889. The average Bonchev–Trinajstić information content (AvgIpc) is 3.01. The van der Waals surface area contributed by atoms with Gasteiger partial charge in [-0.25, -0.2) is 0 Å². The number of carbonyl (C=O) groups is 1. The third kappa shape index (κ3) is 3.76. The molecule has 1 aromatic heterocycles. The SMILES string of the molecule is CCn1c(COc2cccc3ccccc23)nnc1S[C@H](C)C(=O)O. The molecule has 0 bridgehead atoms. The van der Waals surface area contributed by atoms with E-state index in [1.165, 1.54) is 11.8 Å². The van der Waals surface area contributed by atoms with Gasteiger partial charge in [0.05, 0.1) is 0 Å². The number of fused-ring (bicyclic) bond motifs is 1. The highest BCUT2D eigenvalue weighted by molar-refractivity contribution is 8.00. The summed E-state index contributed by atoms with van der Waals surface area (Å²) < 4.78 is 7.85. The number of hydrogen-bond acceptors (Lipinski definition) is 5. The molecule has 3 aromatic rings. The minimum atomic E-state index is -0.871. The second kappa shape index (κ2) is 7.57. The average molecular weight is 357 g/mol. The van der Waals surface area contributed by atoms with Crippen molar-refractivity contribution < 1.29 is 14.6 Å². The first-order valence-corrected chi connectivity index (χ1v) is 8.90. The molecule has 1 N–H and O–H groups in total. The van der Waals surface area contributed by atoms with E-state index in [-0.39, 0.29) is 6.61 Å². The number of carboxylic acids is 1. The molecule has 3 rings (SSSR count). The van der Waals surface area contributed by atoms with E-state index in [4.69, 9.17) is 9.84 Å². The van der Waals surface area contributed by atoms with Crippen LogP contribution in [0.2, 0.25) is 0 Å². The van der Waals surface area contributed by atoms with Crippen molar-refractivity contribution in [3.8, 4) is 5.75 Å². The number of aromatic nitrogens is 3. The molecule has 0 amide bonds. The number of carboxylic acid groups (broad SMARTS) is 1. The van der Waals surface area contributed by atoms with Crippen molar-refractivity contribution in [1.29, 1.82) is 0 Å². The zero-order valence-corrected chi connectivity index (χ0v) is 14.9. The Kier molecular flexibility index (Phi) is 5.23. The molecule has 0 aliphatic heterocycles. The summed E-state index contributed by atoms with van der Waals surface area (Å²) in [5.74, 6) is 0.594. The summed E-state index contributed by atoms with van der Waals surface area (Å²) in [4.78, 5) is 11.0. The molecule has 1 atom stereocenters. The Morgan fingerprint density at radius 1 is 1.24 bits per heavy atom. The second-order valence-electron chi connectivity index (χ2n) is 5.51. The molecule has 6 nitrogen and oxygen atoms in total. The number of hydrogen-bond donors (Lipinski definition) is 1. The lowest BCUT2D eigenvalue weighted by atomic mass is 10.1. The molecule has 0 saturated carbocycles. The molecule has 1 heterocycles. The van der Waals surface area contributed by atoms with Gasteiger partial charge in [-0.15, -0.1) is 10.2 Å². The number of thioether (sulfide) groups is 1. The van der Waals surface area contributed by atoms with Gasteiger partial charge < -0.3 is 14.4 Å². The van der Waals surface area contributed by atoms with Crippen LogP contribution in [-0.4, -0.2) is 31.1 Å². The van der Waals surface area contributed by atoms with Crippen LogP contribution in [0.5, 0.6) is 5.75 Å². The van der Waals surface area contributed by atoms with Gasteiger partial charge in [-0.1, -0.05) is 48.2 Å². The first-order chi connectivity index (χ1) is 12.1. The van der Waals surface area contributed by atoms with Gasteiger partial charge in [-0.05, 0) is 25.3 Å². The second-order valence-corrected chi connectivity index (χ2v) is 6.82. The van der Waals surface area contributed by atoms with Crippen LogP contribution in [0.4, 0.5) is 0 Å². The molecule has 7 heteroatoms. The van der Waals surface area contributed by atoms with Crippen LogP contribution in [0.25, 0.3) is 10.8 Å². The van der Waals surface area contributed by atoms with Gasteiger partial charge in [0.25, 0.3) is 0 Å².